The molecule has 2 aromatic rings. The number of nitrogens with two attached hydrogens (primary N) is 1. The van der Waals surface area contributed by atoms with Crippen molar-refractivity contribution >= 4 is 11.7 Å². The molecule has 24 heavy (non-hydrogen) atoms. The number of hydrogen-bond donors (Lipinski definition) is 2. The van der Waals surface area contributed by atoms with Crippen molar-refractivity contribution in [3.63, 3.8) is 0 Å². The topological polar surface area (TPSA) is 63.3 Å². The number of hydrogen-bond acceptors (Lipinski definition) is 2. The summed E-state index contributed by atoms with van der Waals surface area (Å²) in [5.41, 5.74) is 11.2. The van der Waals surface area contributed by atoms with Crippen LogP contribution in [0.2, 0.25) is 0 Å². The highest BCUT2D eigenvalue weighted by Crippen LogP contribution is 2.35. The predicted octanol–water partition coefficient (Wildman–Crippen LogP) is 4.57. The van der Waals surface area contributed by atoms with Crippen molar-refractivity contribution in [3.8, 4) is 0 Å². The number of nitrogen functional groups attached to an aromatic ring is 1. The van der Waals surface area contributed by atoms with Crippen LogP contribution in [0.25, 0.3) is 0 Å². The van der Waals surface area contributed by atoms with Crippen molar-refractivity contribution in [1.29, 1.82) is 0 Å². The lowest BCUT2D eigenvalue weighted by Gasteiger charge is -2.28. The molecule has 0 bridgehead atoms. The van der Waals surface area contributed by atoms with E-state index in [1.54, 1.807) is 13.8 Å². The van der Waals surface area contributed by atoms with Crippen molar-refractivity contribution in [2.75, 3.05) is 5.73 Å². The monoisotopic (exact) mass is 325 g/mol. The number of carboxylic acids is 1. The number of aryl methyl sites for hydroxylation is 2. The summed E-state index contributed by atoms with van der Waals surface area (Å²) in [5.74, 6) is -0.820. The molecule has 0 heterocycles. The summed E-state index contributed by atoms with van der Waals surface area (Å²) in [5, 5.41) is 9.38. The van der Waals surface area contributed by atoms with E-state index >= 15 is 0 Å². The van der Waals surface area contributed by atoms with Crippen LogP contribution in [0, 0.1) is 13.8 Å². The maximum atomic E-state index is 11.4. The third kappa shape index (κ3) is 3.03. The fourth-order valence-electron chi connectivity index (χ4n) is 2.93. The van der Waals surface area contributed by atoms with Crippen LogP contribution in [-0.2, 0) is 15.6 Å². The van der Waals surface area contributed by atoms with Gasteiger partial charge in [-0.2, -0.15) is 0 Å². The zero-order valence-electron chi connectivity index (χ0n) is 15.4. The molecule has 0 spiro atoms. The van der Waals surface area contributed by atoms with Crippen LogP contribution in [0.4, 0.5) is 5.69 Å². The summed E-state index contributed by atoms with van der Waals surface area (Å²) in [6.07, 6.45) is 0. The first-order chi connectivity index (χ1) is 11.0. The van der Waals surface area contributed by atoms with Gasteiger partial charge in [0.2, 0.25) is 0 Å². The van der Waals surface area contributed by atoms with Crippen molar-refractivity contribution < 1.29 is 9.90 Å². The smallest absolute Gasteiger partial charge is 0.313 e. The van der Waals surface area contributed by atoms with E-state index in [9.17, 15) is 9.90 Å². The van der Waals surface area contributed by atoms with Crippen LogP contribution in [0.15, 0.2) is 36.4 Å². The van der Waals surface area contributed by atoms with Gasteiger partial charge < -0.3 is 10.8 Å². The zero-order valence-corrected chi connectivity index (χ0v) is 15.4. The summed E-state index contributed by atoms with van der Waals surface area (Å²) >= 11 is 0. The van der Waals surface area contributed by atoms with E-state index in [2.05, 4.69) is 26.0 Å². The van der Waals surface area contributed by atoms with Gasteiger partial charge in [-0.15, -0.1) is 0 Å². The van der Waals surface area contributed by atoms with E-state index in [4.69, 9.17) is 5.73 Å². The SMILES string of the molecule is Cc1cc(C(C)(C)c2ccc(C(C)(C)C(=O)O)cc2)cc(C)c1N. The fraction of sp³-hybridized carbons (Fsp3) is 0.381. The molecule has 0 saturated heterocycles. The van der Waals surface area contributed by atoms with Crippen LogP contribution < -0.4 is 5.73 Å². The molecule has 3 heteroatoms. The predicted molar refractivity (Wildman–Crippen MR) is 99.6 cm³/mol. The summed E-state index contributed by atoms with van der Waals surface area (Å²) in [6, 6.07) is 12.2. The molecular weight excluding hydrogens is 298 g/mol. The first-order valence-electron chi connectivity index (χ1n) is 8.19. The minimum Gasteiger partial charge on any atom is -0.481 e. The number of anilines is 1. The van der Waals surface area contributed by atoms with Crippen LogP contribution in [0.3, 0.4) is 0 Å². The molecule has 0 aliphatic rings. The molecule has 0 aromatic heterocycles. The molecule has 3 N–H and O–H groups in total. The van der Waals surface area contributed by atoms with Gasteiger partial charge >= 0.3 is 5.97 Å². The minimum absolute atomic E-state index is 0.185. The van der Waals surface area contributed by atoms with Gasteiger partial charge in [0.1, 0.15) is 0 Å². The summed E-state index contributed by atoms with van der Waals surface area (Å²) in [6.45, 7) is 11.9. The lowest BCUT2D eigenvalue weighted by atomic mass is 9.75. The first kappa shape index (κ1) is 18.1. The molecule has 0 amide bonds. The second-order valence-corrected chi connectivity index (χ2v) is 7.66. The van der Waals surface area contributed by atoms with Gasteiger partial charge in [-0.05, 0) is 55.5 Å². The number of benzene rings is 2. The molecule has 3 nitrogen and oxygen atoms in total. The van der Waals surface area contributed by atoms with E-state index in [0.717, 1.165) is 27.9 Å². The lowest BCUT2D eigenvalue weighted by molar-refractivity contribution is -0.142. The summed E-state index contributed by atoms with van der Waals surface area (Å²) < 4.78 is 0. The maximum absolute atomic E-state index is 11.4. The first-order valence-corrected chi connectivity index (χ1v) is 8.19. The maximum Gasteiger partial charge on any atom is 0.313 e. The van der Waals surface area contributed by atoms with Gasteiger partial charge in [-0.1, -0.05) is 50.2 Å². The highest BCUT2D eigenvalue weighted by Gasteiger charge is 2.30. The van der Waals surface area contributed by atoms with Crippen molar-refractivity contribution in [2.45, 2.75) is 52.4 Å². The molecule has 0 unspecified atom stereocenters. The van der Waals surface area contributed by atoms with Gasteiger partial charge in [0, 0.05) is 11.1 Å². The largest absolute Gasteiger partial charge is 0.481 e. The van der Waals surface area contributed by atoms with Crippen LogP contribution >= 0.6 is 0 Å². The number of carbonyl (C=O) groups is 1. The minimum atomic E-state index is -0.892. The normalized spacial score (nSPS) is 12.2. The van der Waals surface area contributed by atoms with Gasteiger partial charge in [-0.3, -0.25) is 4.79 Å². The average molecular weight is 325 g/mol. The second-order valence-electron chi connectivity index (χ2n) is 7.66. The van der Waals surface area contributed by atoms with E-state index in [1.807, 2.05) is 38.1 Å². The Morgan fingerprint density at radius 2 is 1.29 bits per heavy atom. The zero-order chi connectivity index (χ0) is 18.3. The van der Waals surface area contributed by atoms with Crippen LogP contribution in [0.1, 0.15) is 55.5 Å². The summed E-state index contributed by atoms with van der Waals surface area (Å²) in [4.78, 5) is 11.4. The molecule has 0 aliphatic heterocycles. The molecule has 2 rings (SSSR count). The van der Waals surface area contributed by atoms with Gasteiger partial charge in [0.15, 0.2) is 0 Å². The molecular formula is C21H27NO2. The molecule has 0 fully saturated rings. The highest BCUT2D eigenvalue weighted by atomic mass is 16.4. The van der Waals surface area contributed by atoms with E-state index in [0.29, 0.717) is 0 Å². The molecule has 0 saturated carbocycles. The Hall–Kier alpha value is -2.29. The van der Waals surface area contributed by atoms with Crippen molar-refractivity contribution in [2.24, 2.45) is 0 Å². The van der Waals surface area contributed by atoms with Crippen molar-refractivity contribution in [3.05, 3.63) is 64.2 Å². The lowest BCUT2D eigenvalue weighted by Crippen LogP contribution is -2.28. The standard InChI is InChI=1S/C21H27NO2/c1-13-11-17(12-14(2)18(13)22)20(3,4)15-7-9-16(10-8-15)21(5,6)19(23)24/h7-12H,22H2,1-6H3,(H,23,24). The van der Waals surface area contributed by atoms with E-state index in [1.165, 1.54) is 5.56 Å². The molecule has 0 atom stereocenters. The summed E-state index contributed by atoms with van der Waals surface area (Å²) in [7, 11) is 0. The highest BCUT2D eigenvalue weighted by molar-refractivity contribution is 5.80. The Balaban J connectivity index is 2.45. The van der Waals surface area contributed by atoms with E-state index in [-0.39, 0.29) is 5.41 Å². The molecule has 128 valence electrons. The molecule has 0 aliphatic carbocycles. The number of rotatable bonds is 4. The van der Waals surface area contributed by atoms with Crippen LogP contribution in [0.5, 0.6) is 0 Å². The Labute approximate surface area is 144 Å². The molecule has 0 radical (unpaired) electrons. The second kappa shape index (κ2) is 5.97. The van der Waals surface area contributed by atoms with Gasteiger partial charge in [-0.25, -0.2) is 0 Å². The third-order valence-corrected chi connectivity index (χ3v) is 5.18. The number of carboxylic acid groups (broad SMARTS) is 1. The third-order valence-electron chi connectivity index (χ3n) is 5.18. The number of aliphatic carboxylic acids is 1. The Bertz CT molecular complexity index is 748. The quantitative estimate of drug-likeness (QED) is 0.809. The van der Waals surface area contributed by atoms with Crippen LogP contribution in [-0.4, -0.2) is 11.1 Å². The molecule has 2 aromatic carbocycles. The average Bonchev–Trinajstić information content (AvgIpc) is 2.52. The Kier molecular flexibility index (Phi) is 4.49. The Morgan fingerprint density at radius 1 is 0.875 bits per heavy atom. The van der Waals surface area contributed by atoms with E-state index < -0.39 is 11.4 Å². The van der Waals surface area contributed by atoms with Gasteiger partial charge in [0.05, 0.1) is 5.41 Å². The Morgan fingerprint density at radius 3 is 1.71 bits per heavy atom. The van der Waals surface area contributed by atoms with Crippen molar-refractivity contribution in [1.82, 2.24) is 0 Å². The fourth-order valence-corrected chi connectivity index (χ4v) is 2.93. The van der Waals surface area contributed by atoms with Gasteiger partial charge in [0.25, 0.3) is 0 Å².